The van der Waals surface area contributed by atoms with E-state index in [1.165, 1.54) is 5.56 Å². The molecule has 0 saturated carbocycles. The van der Waals surface area contributed by atoms with Gasteiger partial charge >= 0.3 is 5.97 Å². The average molecular weight is 241 g/mol. The fraction of sp³-hybridized carbons (Fsp3) is 0.133. The molecule has 0 spiro atoms. The van der Waals surface area contributed by atoms with Crippen LogP contribution in [0.15, 0.2) is 48.5 Å². The predicted octanol–water partition coefficient (Wildman–Crippen LogP) is 3.69. The van der Waals surface area contributed by atoms with Crippen molar-refractivity contribution in [1.82, 2.24) is 0 Å². The molecular weight excluding hydrogens is 226 g/mol. The van der Waals surface area contributed by atoms with E-state index in [-0.39, 0.29) is 5.56 Å². The Balaban J connectivity index is 2.31. The van der Waals surface area contributed by atoms with Gasteiger partial charge in [0, 0.05) is 5.69 Å². The van der Waals surface area contributed by atoms with Crippen molar-refractivity contribution in [2.24, 2.45) is 0 Å². The van der Waals surface area contributed by atoms with Gasteiger partial charge in [-0.3, -0.25) is 0 Å². The maximum absolute atomic E-state index is 11.1. The van der Waals surface area contributed by atoms with Crippen LogP contribution in [0.4, 0.5) is 11.4 Å². The van der Waals surface area contributed by atoms with Gasteiger partial charge in [-0.2, -0.15) is 0 Å². The van der Waals surface area contributed by atoms with Crippen molar-refractivity contribution < 1.29 is 9.90 Å². The molecule has 18 heavy (non-hydrogen) atoms. The first-order valence-electron chi connectivity index (χ1n) is 5.89. The molecule has 3 nitrogen and oxygen atoms in total. The van der Waals surface area contributed by atoms with Crippen molar-refractivity contribution in [1.29, 1.82) is 0 Å². The molecule has 2 aromatic carbocycles. The highest BCUT2D eigenvalue weighted by Crippen LogP contribution is 2.21. The Morgan fingerprint density at radius 1 is 1.17 bits per heavy atom. The van der Waals surface area contributed by atoms with Gasteiger partial charge in [-0.05, 0) is 36.2 Å². The van der Waals surface area contributed by atoms with Crippen molar-refractivity contribution in [3.63, 3.8) is 0 Å². The normalized spacial score (nSPS) is 10.1. The number of carbonyl (C=O) groups is 1. The number of hydrogen-bond acceptors (Lipinski definition) is 2. The van der Waals surface area contributed by atoms with Gasteiger partial charge in [0.25, 0.3) is 0 Å². The molecule has 92 valence electrons. The summed E-state index contributed by atoms with van der Waals surface area (Å²) < 4.78 is 0. The highest BCUT2D eigenvalue weighted by atomic mass is 16.4. The molecule has 0 heterocycles. The van der Waals surface area contributed by atoms with E-state index in [0.29, 0.717) is 5.69 Å². The van der Waals surface area contributed by atoms with Crippen LogP contribution in [0.1, 0.15) is 22.8 Å². The van der Waals surface area contributed by atoms with Crippen LogP contribution < -0.4 is 5.32 Å². The molecule has 3 heteroatoms. The molecule has 0 unspecified atom stereocenters. The van der Waals surface area contributed by atoms with Gasteiger partial charge in [0.05, 0.1) is 11.3 Å². The van der Waals surface area contributed by atoms with Crippen molar-refractivity contribution in [2.75, 3.05) is 5.32 Å². The smallest absolute Gasteiger partial charge is 0.337 e. The van der Waals surface area contributed by atoms with Crippen molar-refractivity contribution in [2.45, 2.75) is 13.3 Å². The van der Waals surface area contributed by atoms with Gasteiger partial charge in [-0.1, -0.05) is 31.2 Å². The Kier molecular flexibility index (Phi) is 3.63. The van der Waals surface area contributed by atoms with Gasteiger partial charge in [-0.15, -0.1) is 0 Å². The Morgan fingerprint density at radius 2 is 1.94 bits per heavy atom. The maximum Gasteiger partial charge on any atom is 0.337 e. The Hall–Kier alpha value is -2.29. The molecule has 2 N–H and O–H groups in total. The first kappa shape index (κ1) is 12.2. The lowest BCUT2D eigenvalue weighted by atomic mass is 10.1. The van der Waals surface area contributed by atoms with Crippen LogP contribution in [0.5, 0.6) is 0 Å². The second kappa shape index (κ2) is 5.36. The highest BCUT2D eigenvalue weighted by Gasteiger charge is 2.08. The van der Waals surface area contributed by atoms with Crippen LogP contribution in [0.3, 0.4) is 0 Å². The summed E-state index contributed by atoms with van der Waals surface area (Å²) in [4.78, 5) is 11.1. The number of benzene rings is 2. The van der Waals surface area contributed by atoms with Crippen LogP contribution in [0.25, 0.3) is 0 Å². The molecule has 0 amide bonds. The maximum atomic E-state index is 11.1. The number of para-hydroxylation sites is 1. The molecule has 0 fully saturated rings. The third kappa shape index (κ3) is 2.69. The summed E-state index contributed by atoms with van der Waals surface area (Å²) in [7, 11) is 0. The first-order chi connectivity index (χ1) is 8.70. The molecule has 2 aromatic rings. The third-order valence-corrected chi connectivity index (χ3v) is 2.77. The molecule has 0 radical (unpaired) electrons. The Bertz CT molecular complexity index is 564. The second-order valence-corrected chi connectivity index (χ2v) is 4.03. The van der Waals surface area contributed by atoms with E-state index in [9.17, 15) is 4.79 Å². The number of aryl methyl sites for hydroxylation is 1. The van der Waals surface area contributed by atoms with Crippen molar-refractivity contribution in [3.05, 3.63) is 59.7 Å². The first-order valence-corrected chi connectivity index (χ1v) is 5.89. The van der Waals surface area contributed by atoms with Crippen LogP contribution in [-0.4, -0.2) is 11.1 Å². The monoisotopic (exact) mass is 241 g/mol. The summed E-state index contributed by atoms with van der Waals surface area (Å²) in [6.45, 7) is 2.09. The van der Waals surface area contributed by atoms with Crippen LogP contribution in [0.2, 0.25) is 0 Å². The molecule has 0 aliphatic heterocycles. The number of anilines is 2. The number of rotatable bonds is 4. The number of aromatic carboxylic acids is 1. The van der Waals surface area contributed by atoms with Crippen molar-refractivity contribution in [3.8, 4) is 0 Å². The molecule has 0 aliphatic rings. The van der Waals surface area contributed by atoms with E-state index in [1.54, 1.807) is 18.2 Å². The third-order valence-electron chi connectivity index (χ3n) is 2.77. The van der Waals surface area contributed by atoms with Crippen LogP contribution >= 0.6 is 0 Å². The lowest BCUT2D eigenvalue weighted by Gasteiger charge is -2.10. The zero-order chi connectivity index (χ0) is 13.0. The second-order valence-electron chi connectivity index (χ2n) is 4.03. The Morgan fingerprint density at radius 3 is 2.67 bits per heavy atom. The predicted molar refractivity (Wildman–Crippen MR) is 72.5 cm³/mol. The van der Waals surface area contributed by atoms with E-state index in [2.05, 4.69) is 12.2 Å². The zero-order valence-corrected chi connectivity index (χ0v) is 10.2. The molecular formula is C15H15NO2. The summed E-state index contributed by atoms with van der Waals surface area (Å²) >= 11 is 0. The van der Waals surface area contributed by atoms with E-state index in [0.717, 1.165) is 12.1 Å². The number of carboxylic acid groups (broad SMARTS) is 1. The standard InChI is InChI=1S/C15H15NO2/c1-2-11-6-5-7-12(10-11)16-14-9-4-3-8-13(14)15(17)18/h3-10,16H,2H2,1H3,(H,17,18). The van der Waals surface area contributed by atoms with E-state index >= 15 is 0 Å². The summed E-state index contributed by atoms with van der Waals surface area (Å²) in [5.74, 6) is -0.926. The van der Waals surface area contributed by atoms with Crippen LogP contribution in [0, 0.1) is 0 Å². The quantitative estimate of drug-likeness (QED) is 0.858. The van der Waals surface area contributed by atoms with Gasteiger partial charge in [0.2, 0.25) is 0 Å². The van der Waals surface area contributed by atoms with E-state index in [1.807, 2.05) is 30.3 Å². The van der Waals surface area contributed by atoms with E-state index < -0.39 is 5.97 Å². The largest absolute Gasteiger partial charge is 0.478 e. The minimum Gasteiger partial charge on any atom is -0.478 e. The summed E-state index contributed by atoms with van der Waals surface area (Å²) in [5, 5.41) is 12.3. The lowest BCUT2D eigenvalue weighted by Crippen LogP contribution is -2.02. The fourth-order valence-corrected chi connectivity index (χ4v) is 1.80. The van der Waals surface area contributed by atoms with Gasteiger partial charge < -0.3 is 10.4 Å². The summed E-state index contributed by atoms with van der Waals surface area (Å²) in [5.41, 5.74) is 3.01. The SMILES string of the molecule is CCc1cccc(Nc2ccccc2C(=O)O)c1. The van der Waals surface area contributed by atoms with Gasteiger partial charge in [0.15, 0.2) is 0 Å². The molecule has 0 atom stereocenters. The Labute approximate surface area is 106 Å². The molecule has 0 aliphatic carbocycles. The average Bonchev–Trinajstić information content (AvgIpc) is 2.39. The topological polar surface area (TPSA) is 49.3 Å². The minimum absolute atomic E-state index is 0.277. The molecule has 0 saturated heterocycles. The molecule has 0 aromatic heterocycles. The zero-order valence-electron chi connectivity index (χ0n) is 10.2. The highest BCUT2D eigenvalue weighted by molar-refractivity contribution is 5.95. The lowest BCUT2D eigenvalue weighted by molar-refractivity contribution is 0.0698. The van der Waals surface area contributed by atoms with Crippen molar-refractivity contribution >= 4 is 17.3 Å². The number of carboxylic acids is 1. The summed E-state index contributed by atoms with van der Waals surface area (Å²) in [6, 6.07) is 14.9. The minimum atomic E-state index is -0.926. The number of nitrogens with one attached hydrogen (secondary N) is 1. The fourth-order valence-electron chi connectivity index (χ4n) is 1.80. The van der Waals surface area contributed by atoms with E-state index in [4.69, 9.17) is 5.11 Å². The van der Waals surface area contributed by atoms with Gasteiger partial charge in [0.1, 0.15) is 0 Å². The van der Waals surface area contributed by atoms with Crippen LogP contribution in [-0.2, 0) is 6.42 Å². The summed E-state index contributed by atoms with van der Waals surface area (Å²) in [6.07, 6.45) is 0.954. The number of hydrogen-bond donors (Lipinski definition) is 2. The molecule has 2 rings (SSSR count). The van der Waals surface area contributed by atoms with Gasteiger partial charge in [-0.25, -0.2) is 4.79 Å². The molecule has 0 bridgehead atoms.